The Morgan fingerprint density at radius 3 is 2.18 bits per heavy atom. The van der Waals surface area contributed by atoms with Crippen LogP contribution in [0.3, 0.4) is 0 Å². The second kappa shape index (κ2) is 9.05. The van der Waals surface area contributed by atoms with E-state index in [4.69, 9.17) is 32.4 Å². The zero-order chi connectivity index (χ0) is 23.8. The zero-order valence-electron chi connectivity index (χ0n) is 18.4. The lowest BCUT2D eigenvalue weighted by molar-refractivity contribution is 0.0920. The Morgan fingerprint density at radius 2 is 1.55 bits per heavy atom. The van der Waals surface area contributed by atoms with Crippen molar-refractivity contribution in [2.45, 2.75) is 26.2 Å². The highest BCUT2D eigenvalue weighted by atomic mass is 35.5. The van der Waals surface area contributed by atoms with E-state index in [1.807, 2.05) is 24.3 Å². The van der Waals surface area contributed by atoms with Crippen molar-refractivity contribution in [2.24, 2.45) is 0 Å². The molecule has 0 saturated heterocycles. The molecule has 0 amide bonds. The fraction of sp³-hybridized carbons (Fsp3) is 0.185. The summed E-state index contributed by atoms with van der Waals surface area (Å²) in [6, 6.07) is 19.1. The van der Waals surface area contributed by atoms with E-state index < -0.39 is 5.43 Å². The van der Waals surface area contributed by atoms with E-state index in [0.717, 1.165) is 5.56 Å². The molecule has 4 rings (SSSR count). The lowest BCUT2D eigenvalue weighted by Gasteiger charge is -2.19. The van der Waals surface area contributed by atoms with Crippen LogP contribution >= 0.6 is 23.2 Å². The molecule has 4 aromatic rings. The van der Waals surface area contributed by atoms with Crippen LogP contribution in [-0.2, 0) is 5.41 Å². The minimum absolute atomic E-state index is 0.0240. The average molecular weight is 481 g/mol. The number of halogens is 2. The molecule has 0 aliphatic heterocycles. The summed E-state index contributed by atoms with van der Waals surface area (Å²) in [6.07, 6.45) is 0. The van der Waals surface area contributed by atoms with Crippen LogP contribution in [0.4, 0.5) is 0 Å². The Bertz CT molecular complexity index is 1380. The van der Waals surface area contributed by atoms with Crippen molar-refractivity contribution in [3.63, 3.8) is 0 Å². The molecule has 0 spiro atoms. The van der Waals surface area contributed by atoms with Crippen molar-refractivity contribution < 1.29 is 13.9 Å². The number of fused-ring (bicyclic) bond motifs is 1. The van der Waals surface area contributed by atoms with E-state index in [2.05, 4.69) is 20.8 Å². The fourth-order valence-corrected chi connectivity index (χ4v) is 3.75. The van der Waals surface area contributed by atoms with Crippen LogP contribution < -0.4 is 10.2 Å². The maximum Gasteiger partial charge on any atom is 0.235 e. The molecule has 0 bridgehead atoms. The van der Waals surface area contributed by atoms with Crippen molar-refractivity contribution in [1.82, 2.24) is 0 Å². The molecule has 0 aliphatic carbocycles. The van der Waals surface area contributed by atoms with Gasteiger partial charge in [0.1, 0.15) is 5.58 Å². The summed E-state index contributed by atoms with van der Waals surface area (Å²) in [6.45, 7) is 6.04. The largest absolute Gasteiger partial charge is 0.478 e. The summed E-state index contributed by atoms with van der Waals surface area (Å²) >= 11 is 12.0. The first-order valence-corrected chi connectivity index (χ1v) is 11.2. The number of benzene rings is 3. The molecule has 1 heterocycles. The predicted molar refractivity (Wildman–Crippen MR) is 133 cm³/mol. The molecule has 0 atom stereocenters. The van der Waals surface area contributed by atoms with Gasteiger partial charge in [-0.05, 0) is 53.4 Å². The van der Waals surface area contributed by atoms with Crippen LogP contribution in [-0.4, -0.2) is 12.4 Å². The summed E-state index contributed by atoms with van der Waals surface area (Å²) in [5, 5.41) is 1.22. The van der Waals surface area contributed by atoms with Crippen LogP contribution in [0.15, 0.2) is 75.9 Å². The standard InChI is InChI=1S/C27H22Cl2O4/c1-27(2,3)18-8-4-17(5-9-18)25-26(24(31)21-14-20(29)12-13-23(21)33-25)32-15-22(30)16-6-10-19(28)11-7-16/h4-14H,15H2,1-3H3. The van der Waals surface area contributed by atoms with Crippen LogP contribution in [0.1, 0.15) is 36.7 Å². The fourth-order valence-electron chi connectivity index (χ4n) is 3.45. The second-order valence-corrected chi connectivity index (χ2v) is 9.65. The summed E-state index contributed by atoms with van der Waals surface area (Å²) in [5.74, 6) is -0.0546. The number of carbonyl (C=O) groups excluding carboxylic acids is 1. The Kier molecular flexibility index (Phi) is 6.33. The molecule has 0 saturated carbocycles. The van der Waals surface area contributed by atoms with Gasteiger partial charge >= 0.3 is 0 Å². The smallest absolute Gasteiger partial charge is 0.235 e. The minimum atomic E-state index is -0.391. The number of ether oxygens (including phenoxy) is 1. The van der Waals surface area contributed by atoms with Gasteiger partial charge in [0.2, 0.25) is 11.2 Å². The Labute approximate surface area is 201 Å². The normalized spacial score (nSPS) is 11.5. The number of Topliss-reactive ketones (excluding diaryl/α,β-unsaturated/α-hetero) is 1. The SMILES string of the molecule is CC(C)(C)c1ccc(-c2oc3ccc(Cl)cc3c(=O)c2OCC(=O)c2ccc(Cl)cc2)cc1. The molecule has 0 aliphatic rings. The first-order valence-electron chi connectivity index (χ1n) is 10.4. The number of carbonyl (C=O) groups is 1. The summed E-state index contributed by atoms with van der Waals surface area (Å²) in [5.41, 5.74) is 2.22. The summed E-state index contributed by atoms with van der Waals surface area (Å²) in [7, 11) is 0. The van der Waals surface area contributed by atoms with Crippen LogP contribution in [0.2, 0.25) is 10.0 Å². The summed E-state index contributed by atoms with van der Waals surface area (Å²) in [4.78, 5) is 26.0. The van der Waals surface area contributed by atoms with Crippen LogP contribution in [0, 0.1) is 0 Å². The van der Waals surface area contributed by atoms with E-state index in [9.17, 15) is 9.59 Å². The highest BCUT2D eigenvalue weighted by Gasteiger charge is 2.21. The quantitative estimate of drug-likeness (QED) is 0.280. The minimum Gasteiger partial charge on any atom is -0.478 e. The second-order valence-electron chi connectivity index (χ2n) is 8.78. The topological polar surface area (TPSA) is 56.5 Å². The van der Waals surface area contributed by atoms with Crippen molar-refractivity contribution in [1.29, 1.82) is 0 Å². The molecule has 4 nitrogen and oxygen atoms in total. The van der Waals surface area contributed by atoms with E-state index >= 15 is 0 Å². The maximum absolute atomic E-state index is 13.3. The third-order valence-electron chi connectivity index (χ3n) is 5.34. The Hall–Kier alpha value is -3.08. The zero-order valence-corrected chi connectivity index (χ0v) is 20.0. The molecule has 0 unspecified atom stereocenters. The van der Waals surface area contributed by atoms with Gasteiger partial charge in [0.25, 0.3) is 0 Å². The highest BCUT2D eigenvalue weighted by Crippen LogP contribution is 2.33. The van der Waals surface area contributed by atoms with Gasteiger partial charge in [-0.1, -0.05) is 68.2 Å². The number of ketones is 1. The van der Waals surface area contributed by atoms with Gasteiger partial charge < -0.3 is 9.15 Å². The molecular formula is C27H22Cl2O4. The number of rotatable bonds is 5. The van der Waals surface area contributed by atoms with E-state index in [1.165, 1.54) is 6.07 Å². The van der Waals surface area contributed by atoms with Gasteiger partial charge in [0.05, 0.1) is 5.39 Å². The Morgan fingerprint density at radius 1 is 0.909 bits per heavy atom. The van der Waals surface area contributed by atoms with Crippen molar-refractivity contribution in [2.75, 3.05) is 6.61 Å². The van der Waals surface area contributed by atoms with E-state index in [0.29, 0.717) is 26.8 Å². The predicted octanol–water partition coefficient (Wildman–Crippen LogP) is 7.33. The monoisotopic (exact) mass is 480 g/mol. The molecule has 0 radical (unpaired) electrons. The number of hydrogen-bond acceptors (Lipinski definition) is 4. The summed E-state index contributed by atoms with van der Waals surface area (Å²) < 4.78 is 11.9. The number of hydrogen-bond donors (Lipinski definition) is 0. The molecule has 3 aromatic carbocycles. The van der Waals surface area contributed by atoms with Crippen molar-refractivity contribution in [3.05, 3.63) is 98.1 Å². The van der Waals surface area contributed by atoms with Crippen LogP contribution in [0.5, 0.6) is 5.75 Å². The molecule has 0 N–H and O–H groups in total. The lowest BCUT2D eigenvalue weighted by atomic mass is 9.86. The first-order chi connectivity index (χ1) is 15.6. The average Bonchev–Trinajstić information content (AvgIpc) is 2.78. The first kappa shape index (κ1) is 23.1. The highest BCUT2D eigenvalue weighted by molar-refractivity contribution is 6.31. The van der Waals surface area contributed by atoms with Gasteiger partial charge in [0, 0.05) is 21.2 Å². The van der Waals surface area contributed by atoms with Crippen molar-refractivity contribution >= 4 is 40.0 Å². The van der Waals surface area contributed by atoms with Gasteiger partial charge in [-0.25, -0.2) is 0 Å². The van der Waals surface area contributed by atoms with Gasteiger partial charge in [-0.2, -0.15) is 0 Å². The van der Waals surface area contributed by atoms with Gasteiger partial charge in [-0.15, -0.1) is 0 Å². The molecular weight excluding hydrogens is 459 g/mol. The van der Waals surface area contributed by atoms with E-state index in [-0.39, 0.29) is 34.7 Å². The van der Waals surface area contributed by atoms with Crippen molar-refractivity contribution in [3.8, 4) is 17.1 Å². The molecule has 6 heteroatoms. The molecule has 1 aromatic heterocycles. The van der Waals surface area contributed by atoms with Gasteiger partial charge in [-0.3, -0.25) is 9.59 Å². The molecule has 33 heavy (non-hydrogen) atoms. The van der Waals surface area contributed by atoms with Crippen LogP contribution in [0.25, 0.3) is 22.3 Å². The molecule has 168 valence electrons. The Balaban J connectivity index is 1.77. The molecule has 0 fully saturated rings. The van der Waals surface area contributed by atoms with E-state index in [1.54, 1.807) is 36.4 Å². The van der Waals surface area contributed by atoms with Gasteiger partial charge in [0.15, 0.2) is 18.2 Å². The maximum atomic E-state index is 13.3. The third-order valence-corrected chi connectivity index (χ3v) is 5.82. The third kappa shape index (κ3) is 4.97. The lowest BCUT2D eigenvalue weighted by Crippen LogP contribution is -2.17.